The van der Waals surface area contributed by atoms with Crippen LogP contribution in [0, 0.1) is 6.92 Å². The minimum Gasteiger partial charge on any atom is -0.364 e. The predicted molar refractivity (Wildman–Crippen MR) is 93.8 cm³/mol. The Morgan fingerprint density at radius 1 is 1.22 bits per heavy atom. The molecule has 118 valence electrons. The van der Waals surface area contributed by atoms with E-state index in [1.165, 1.54) is 0 Å². The Balaban J connectivity index is 1.76. The van der Waals surface area contributed by atoms with Crippen molar-refractivity contribution in [1.82, 2.24) is 19.9 Å². The second kappa shape index (κ2) is 6.70. The lowest BCUT2D eigenvalue weighted by molar-refractivity contribution is 1.01. The van der Waals surface area contributed by atoms with Gasteiger partial charge in [-0.15, -0.1) is 11.3 Å². The number of aryl methyl sites for hydroxylation is 1. The number of thiazole rings is 1. The molecule has 0 aromatic carbocycles. The van der Waals surface area contributed by atoms with E-state index in [-0.39, 0.29) is 0 Å². The van der Waals surface area contributed by atoms with Crippen molar-refractivity contribution in [1.29, 1.82) is 0 Å². The number of rotatable bonds is 5. The zero-order valence-corrected chi connectivity index (χ0v) is 14.1. The number of aromatic nitrogens is 4. The molecule has 7 heteroatoms. The molecular formula is C16H18N6S. The Labute approximate surface area is 139 Å². The molecule has 3 aromatic rings. The van der Waals surface area contributed by atoms with E-state index in [0.717, 1.165) is 27.9 Å². The van der Waals surface area contributed by atoms with Crippen LogP contribution in [-0.2, 0) is 6.54 Å². The molecule has 6 nitrogen and oxygen atoms in total. The van der Waals surface area contributed by atoms with Crippen LogP contribution in [0.3, 0.4) is 0 Å². The summed E-state index contributed by atoms with van der Waals surface area (Å²) in [4.78, 5) is 19.7. The average molecular weight is 326 g/mol. The van der Waals surface area contributed by atoms with Crippen molar-refractivity contribution in [2.75, 3.05) is 24.3 Å². The molecule has 0 aliphatic carbocycles. The lowest BCUT2D eigenvalue weighted by Gasteiger charge is -2.08. The van der Waals surface area contributed by atoms with Crippen molar-refractivity contribution >= 4 is 22.3 Å². The maximum absolute atomic E-state index is 4.56. The van der Waals surface area contributed by atoms with Gasteiger partial charge >= 0.3 is 0 Å². The third-order valence-electron chi connectivity index (χ3n) is 3.15. The van der Waals surface area contributed by atoms with Gasteiger partial charge in [-0.1, -0.05) is 0 Å². The molecule has 3 rings (SSSR count). The lowest BCUT2D eigenvalue weighted by atomic mass is 10.2. The molecule has 0 atom stereocenters. The van der Waals surface area contributed by atoms with Gasteiger partial charge in [0.05, 0.1) is 12.2 Å². The third kappa shape index (κ3) is 3.81. The van der Waals surface area contributed by atoms with Gasteiger partial charge < -0.3 is 10.2 Å². The van der Waals surface area contributed by atoms with Crippen LogP contribution in [0.25, 0.3) is 11.4 Å². The second-order valence-corrected chi connectivity index (χ2v) is 6.17. The highest BCUT2D eigenvalue weighted by Gasteiger charge is 2.07. The summed E-state index contributed by atoms with van der Waals surface area (Å²) >= 11 is 1.63. The number of nitrogens with zero attached hydrogens (tertiary/aromatic N) is 5. The zero-order chi connectivity index (χ0) is 16.2. The Kier molecular flexibility index (Phi) is 4.47. The molecule has 0 fully saturated rings. The highest BCUT2D eigenvalue weighted by atomic mass is 32.1. The van der Waals surface area contributed by atoms with E-state index in [9.17, 15) is 0 Å². The summed E-state index contributed by atoms with van der Waals surface area (Å²) in [6.45, 7) is 2.59. The molecule has 0 aliphatic rings. The normalized spacial score (nSPS) is 10.6. The van der Waals surface area contributed by atoms with Crippen LogP contribution >= 0.6 is 11.3 Å². The van der Waals surface area contributed by atoms with Crippen molar-refractivity contribution < 1.29 is 0 Å². The average Bonchev–Trinajstić information content (AvgIpc) is 3.03. The number of anilines is 2. The van der Waals surface area contributed by atoms with Gasteiger partial charge in [-0.25, -0.2) is 15.0 Å². The van der Waals surface area contributed by atoms with Crippen LogP contribution in [0.2, 0.25) is 0 Å². The number of nitrogens with one attached hydrogen (secondary N) is 1. The molecular weight excluding hydrogens is 308 g/mol. The minimum atomic E-state index is 0.632. The second-order valence-electron chi connectivity index (χ2n) is 5.33. The van der Waals surface area contributed by atoms with Crippen LogP contribution in [0.1, 0.15) is 11.4 Å². The van der Waals surface area contributed by atoms with Crippen molar-refractivity contribution in [2.45, 2.75) is 13.5 Å². The zero-order valence-electron chi connectivity index (χ0n) is 13.3. The predicted octanol–water partition coefficient (Wildman–Crippen LogP) is 2.98. The Morgan fingerprint density at radius 2 is 2.09 bits per heavy atom. The van der Waals surface area contributed by atoms with Gasteiger partial charge in [0.2, 0.25) is 0 Å². The molecule has 0 radical (unpaired) electrons. The summed E-state index contributed by atoms with van der Waals surface area (Å²) in [6, 6.07) is 5.76. The quantitative estimate of drug-likeness (QED) is 0.777. The molecule has 0 spiro atoms. The largest absolute Gasteiger partial charge is 0.364 e. The molecule has 3 heterocycles. The number of pyridine rings is 1. The van der Waals surface area contributed by atoms with Crippen molar-refractivity contribution in [2.24, 2.45) is 0 Å². The SMILES string of the molecule is Cc1cc(NCc2csc(N(C)C)n2)nc(-c2cccnc2)n1. The third-order valence-corrected chi connectivity index (χ3v) is 4.20. The van der Waals surface area contributed by atoms with Gasteiger partial charge in [0.15, 0.2) is 11.0 Å². The van der Waals surface area contributed by atoms with E-state index in [1.807, 2.05) is 44.1 Å². The fourth-order valence-electron chi connectivity index (χ4n) is 2.05. The van der Waals surface area contributed by atoms with Gasteiger partial charge in [-0.3, -0.25) is 4.98 Å². The summed E-state index contributed by atoms with van der Waals surface area (Å²) in [5.41, 5.74) is 2.81. The Hall–Kier alpha value is -2.54. The summed E-state index contributed by atoms with van der Waals surface area (Å²) < 4.78 is 0. The Morgan fingerprint density at radius 3 is 2.78 bits per heavy atom. The molecule has 3 aromatic heterocycles. The van der Waals surface area contributed by atoms with E-state index in [1.54, 1.807) is 23.7 Å². The molecule has 0 bridgehead atoms. The van der Waals surface area contributed by atoms with Gasteiger partial charge in [-0.05, 0) is 19.1 Å². The van der Waals surface area contributed by atoms with Gasteiger partial charge in [0, 0.05) is 49.2 Å². The van der Waals surface area contributed by atoms with Crippen molar-refractivity contribution in [3.63, 3.8) is 0 Å². The summed E-state index contributed by atoms with van der Waals surface area (Å²) in [5.74, 6) is 1.46. The lowest BCUT2D eigenvalue weighted by Crippen LogP contribution is -2.09. The first-order chi connectivity index (χ1) is 11.1. The standard InChI is InChI=1S/C16H18N6S/c1-11-7-14(18-9-13-10-23-16(20-13)22(2)3)21-15(19-11)12-5-4-6-17-8-12/h4-8,10H,9H2,1-3H3,(H,18,19,21). The van der Waals surface area contributed by atoms with Crippen LogP contribution < -0.4 is 10.2 Å². The Bertz CT molecular complexity index is 784. The van der Waals surface area contributed by atoms with Crippen LogP contribution in [0.5, 0.6) is 0 Å². The van der Waals surface area contributed by atoms with E-state index in [0.29, 0.717) is 12.4 Å². The highest BCUT2D eigenvalue weighted by Crippen LogP contribution is 2.20. The first-order valence-electron chi connectivity index (χ1n) is 7.23. The summed E-state index contributed by atoms with van der Waals surface area (Å²) in [6.07, 6.45) is 3.51. The fourth-order valence-corrected chi connectivity index (χ4v) is 2.81. The molecule has 0 amide bonds. The maximum atomic E-state index is 4.56. The molecule has 0 saturated carbocycles. The molecule has 23 heavy (non-hydrogen) atoms. The van der Waals surface area contributed by atoms with Crippen LogP contribution in [0.15, 0.2) is 36.0 Å². The van der Waals surface area contributed by atoms with Gasteiger partial charge in [0.25, 0.3) is 0 Å². The first kappa shape index (κ1) is 15.4. The molecule has 0 saturated heterocycles. The fraction of sp³-hybridized carbons (Fsp3) is 0.250. The molecule has 0 unspecified atom stereocenters. The van der Waals surface area contributed by atoms with Crippen LogP contribution in [0.4, 0.5) is 10.9 Å². The smallest absolute Gasteiger partial charge is 0.185 e. The van der Waals surface area contributed by atoms with Gasteiger partial charge in [0.1, 0.15) is 5.82 Å². The number of hydrogen-bond acceptors (Lipinski definition) is 7. The topological polar surface area (TPSA) is 66.8 Å². The van der Waals surface area contributed by atoms with E-state index in [4.69, 9.17) is 0 Å². The minimum absolute atomic E-state index is 0.632. The number of hydrogen-bond donors (Lipinski definition) is 1. The monoisotopic (exact) mass is 326 g/mol. The first-order valence-corrected chi connectivity index (χ1v) is 8.11. The molecule has 0 aliphatic heterocycles. The summed E-state index contributed by atoms with van der Waals surface area (Å²) in [5, 5.41) is 6.37. The van der Waals surface area contributed by atoms with Crippen LogP contribution in [-0.4, -0.2) is 34.0 Å². The van der Waals surface area contributed by atoms with E-state index < -0.39 is 0 Å². The van der Waals surface area contributed by atoms with Gasteiger partial charge in [-0.2, -0.15) is 0 Å². The van der Waals surface area contributed by atoms with Crippen molar-refractivity contribution in [3.05, 3.63) is 47.4 Å². The maximum Gasteiger partial charge on any atom is 0.185 e. The van der Waals surface area contributed by atoms with E-state index >= 15 is 0 Å². The summed E-state index contributed by atoms with van der Waals surface area (Å²) in [7, 11) is 3.98. The van der Waals surface area contributed by atoms with Crippen molar-refractivity contribution in [3.8, 4) is 11.4 Å². The molecule has 1 N–H and O–H groups in total. The van der Waals surface area contributed by atoms with E-state index in [2.05, 4.69) is 30.6 Å². The highest BCUT2D eigenvalue weighted by molar-refractivity contribution is 7.13.